The molecule has 0 saturated carbocycles. The normalized spacial score (nSPS) is 31.6. The van der Waals surface area contributed by atoms with Crippen LogP contribution in [0.2, 0.25) is 0 Å². The predicted octanol–water partition coefficient (Wildman–Crippen LogP) is 2.33. The predicted molar refractivity (Wildman–Crippen MR) is 38.7 cm³/mol. The molecule has 0 bridgehead atoms. The minimum atomic E-state index is 0.803. The van der Waals surface area contributed by atoms with Crippen molar-refractivity contribution in [3.05, 3.63) is 10.8 Å². The first-order valence-electron chi connectivity index (χ1n) is 2.27. The lowest BCUT2D eigenvalue weighted by Gasteiger charge is -1.90. The molecule has 7 heavy (non-hydrogen) atoms. The lowest BCUT2D eigenvalue weighted by atomic mass is 10.6. The molecule has 0 aromatic rings. The summed E-state index contributed by atoms with van der Waals surface area (Å²) in [6, 6.07) is 0. The zero-order valence-electron chi connectivity index (χ0n) is 4.31. The van der Waals surface area contributed by atoms with Gasteiger partial charge in [0.15, 0.2) is 0 Å². The number of hydrogen-bond donors (Lipinski definition) is 0. The van der Waals surface area contributed by atoms with Gasteiger partial charge in [-0.1, -0.05) is 13.5 Å². The summed E-state index contributed by atoms with van der Waals surface area (Å²) in [5, 5.41) is 0.803. The molecule has 1 rings (SSSR count). The quantitative estimate of drug-likeness (QED) is 0.496. The second kappa shape index (κ2) is 2.14. The minimum absolute atomic E-state index is 0.803. The maximum absolute atomic E-state index is 3.83. The molecule has 1 aliphatic heterocycles. The highest BCUT2D eigenvalue weighted by molar-refractivity contribution is 8.25. The van der Waals surface area contributed by atoms with Gasteiger partial charge in [-0.2, -0.15) is 0 Å². The van der Waals surface area contributed by atoms with Crippen LogP contribution in [0.1, 0.15) is 6.92 Å². The van der Waals surface area contributed by atoms with Crippen molar-refractivity contribution in [3.8, 4) is 0 Å². The summed E-state index contributed by atoms with van der Waals surface area (Å²) in [7, 11) is 0. The van der Waals surface area contributed by atoms with Gasteiger partial charge in [0.1, 0.15) is 0 Å². The third-order valence-electron chi connectivity index (χ3n) is 0.812. The van der Waals surface area contributed by atoms with E-state index in [1.54, 1.807) is 0 Å². The van der Waals surface area contributed by atoms with Crippen molar-refractivity contribution in [1.29, 1.82) is 0 Å². The second-order valence-electron chi connectivity index (χ2n) is 1.61. The SMILES string of the molecule is C=C1SCC(C)S1. The van der Waals surface area contributed by atoms with E-state index < -0.39 is 0 Å². The number of rotatable bonds is 0. The van der Waals surface area contributed by atoms with Crippen molar-refractivity contribution in [1.82, 2.24) is 0 Å². The van der Waals surface area contributed by atoms with Crippen LogP contribution in [-0.2, 0) is 0 Å². The van der Waals surface area contributed by atoms with Gasteiger partial charge in [0, 0.05) is 15.2 Å². The van der Waals surface area contributed by atoms with Gasteiger partial charge in [0.05, 0.1) is 0 Å². The molecular formula is C5H8S2. The Kier molecular flexibility index (Phi) is 1.70. The number of thioether (sulfide) groups is 2. The van der Waals surface area contributed by atoms with E-state index in [0.717, 1.165) is 5.25 Å². The van der Waals surface area contributed by atoms with E-state index in [9.17, 15) is 0 Å². The molecule has 0 N–H and O–H groups in total. The lowest BCUT2D eigenvalue weighted by Crippen LogP contribution is -1.88. The van der Waals surface area contributed by atoms with Gasteiger partial charge in [-0.3, -0.25) is 0 Å². The van der Waals surface area contributed by atoms with Crippen molar-refractivity contribution in [2.75, 3.05) is 5.75 Å². The van der Waals surface area contributed by atoms with Gasteiger partial charge < -0.3 is 0 Å². The van der Waals surface area contributed by atoms with Crippen LogP contribution in [-0.4, -0.2) is 11.0 Å². The molecule has 1 unspecified atom stereocenters. The third kappa shape index (κ3) is 1.42. The zero-order valence-corrected chi connectivity index (χ0v) is 5.94. The molecule has 2 heteroatoms. The Balaban J connectivity index is 2.40. The monoisotopic (exact) mass is 132 g/mol. The Morgan fingerprint density at radius 1 is 1.86 bits per heavy atom. The van der Waals surface area contributed by atoms with Crippen LogP contribution in [0.5, 0.6) is 0 Å². The van der Waals surface area contributed by atoms with Crippen LogP contribution < -0.4 is 0 Å². The van der Waals surface area contributed by atoms with E-state index in [2.05, 4.69) is 13.5 Å². The maximum Gasteiger partial charge on any atom is 0.0331 e. The summed E-state index contributed by atoms with van der Waals surface area (Å²) in [5.74, 6) is 1.25. The smallest absolute Gasteiger partial charge is 0.0331 e. The van der Waals surface area contributed by atoms with Crippen molar-refractivity contribution in [2.45, 2.75) is 12.2 Å². The van der Waals surface area contributed by atoms with E-state index in [0.29, 0.717) is 0 Å². The molecule has 0 aliphatic carbocycles. The fraction of sp³-hybridized carbons (Fsp3) is 0.600. The highest BCUT2D eigenvalue weighted by Crippen LogP contribution is 2.39. The van der Waals surface area contributed by atoms with Crippen LogP contribution in [0.25, 0.3) is 0 Å². The summed E-state index contributed by atoms with van der Waals surface area (Å²) in [4.78, 5) is 0. The molecule has 1 atom stereocenters. The molecule has 40 valence electrons. The number of hydrogen-bond acceptors (Lipinski definition) is 2. The summed E-state index contributed by atoms with van der Waals surface area (Å²) in [6.45, 7) is 6.06. The van der Waals surface area contributed by atoms with E-state index in [-0.39, 0.29) is 0 Å². The van der Waals surface area contributed by atoms with Crippen molar-refractivity contribution in [2.24, 2.45) is 0 Å². The largest absolute Gasteiger partial charge is 0.119 e. The molecular weight excluding hydrogens is 124 g/mol. The maximum atomic E-state index is 3.83. The summed E-state index contributed by atoms with van der Waals surface area (Å²) in [5.41, 5.74) is 0. The van der Waals surface area contributed by atoms with Gasteiger partial charge in [-0.05, 0) is 0 Å². The van der Waals surface area contributed by atoms with Gasteiger partial charge in [0.25, 0.3) is 0 Å². The fourth-order valence-corrected chi connectivity index (χ4v) is 2.82. The van der Waals surface area contributed by atoms with Gasteiger partial charge in [-0.15, -0.1) is 23.5 Å². The molecule has 0 amide bonds. The van der Waals surface area contributed by atoms with E-state index >= 15 is 0 Å². The Hall–Kier alpha value is 0.440. The first kappa shape index (κ1) is 5.57. The fourth-order valence-electron chi connectivity index (χ4n) is 0.503. The molecule has 0 aromatic heterocycles. The molecule has 1 saturated heterocycles. The van der Waals surface area contributed by atoms with Crippen molar-refractivity contribution in [3.63, 3.8) is 0 Å². The van der Waals surface area contributed by atoms with E-state index in [1.165, 1.54) is 9.99 Å². The van der Waals surface area contributed by atoms with Crippen molar-refractivity contribution >= 4 is 23.5 Å². The first-order valence-corrected chi connectivity index (χ1v) is 4.14. The summed E-state index contributed by atoms with van der Waals surface area (Å²) >= 11 is 3.76. The second-order valence-corrected chi connectivity index (χ2v) is 4.52. The Morgan fingerprint density at radius 2 is 2.57 bits per heavy atom. The molecule has 0 spiro atoms. The van der Waals surface area contributed by atoms with Gasteiger partial charge in [-0.25, -0.2) is 0 Å². The Morgan fingerprint density at radius 3 is 2.71 bits per heavy atom. The highest BCUT2D eigenvalue weighted by atomic mass is 32.2. The van der Waals surface area contributed by atoms with E-state index in [1.807, 2.05) is 23.5 Å². The molecule has 1 aliphatic rings. The molecule has 0 radical (unpaired) electrons. The molecule has 1 heterocycles. The van der Waals surface area contributed by atoms with Gasteiger partial charge >= 0.3 is 0 Å². The van der Waals surface area contributed by atoms with Crippen LogP contribution in [0.4, 0.5) is 0 Å². The van der Waals surface area contributed by atoms with Crippen LogP contribution in [0.3, 0.4) is 0 Å². The van der Waals surface area contributed by atoms with Crippen LogP contribution >= 0.6 is 23.5 Å². The topological polar surface area (TPSA) is 0 Å². The zero-order chi connectivity index (χ0) is 5.28. The minimum Gasteiger partial charge on any atom is -0.119 e. The Labute approximate surface area is 52.7 Å². The van der Waals surface area contributed by atoms with Crippen LogP contribution in [0.15, 0.2) is 10.8 Å². The average Bonchev–Trinajstić information content (AvgIpc) is 1.87. The molecule has 0 nitrogen and oxygen atoms in total. The first-order chi connectivity index (χ1) is 3.29. The third-order valence-corrected chi connectivity index (χ3v) is 3.49. The summed E-state index contributed by atoms with van der Waals surface area (Å²) < 4.78 is 1.28. The molecule has 0 aromatic carbocycles. The molecule has 1 fully saturated rings. The lowest BCUT2D eigenvalue weighted by molar-refractivity contribution is 1.15. The summed E-state index contributed by atoms with van der Waals surface area (Å²) in [6.07, 6.45) is 0. The standard InChI is InChI=1S/C5H8S2/c1-4-3-6-5(2)7-4/h4H,2-3H2,1H3. The highest BCUT2D eigenvalue weighted by Gasteiger charge is 2.13. The van der Waals surface area contributed by atoms with Crippen LogP contribution in [0, 0.1) is 0 Å². The van der Waals surface area contributed by atoms with Crippen molar-refractivity contribution < 1.29 is 0 Å². The Bertz CT molecular complexity index is 88.1. The average molecular weight is 132 g/mol. The van der Waals surface area contributed by atoms with E-state index in [4.69, 9.17) is 0 Å². The van der Waals surface area contributed by atoms with Gasteiger partial charge in [0.2, 0.25) is 0 Å².